The van der Waals surface area contributed by atoms with Crippen molar-refractivity contribution in [1.29, 1.82) is 0 Å². The Hall–Kier alpha value is -4.52. The second-order valence-electron chi connectivity index (χ2n) is 8.61. The number of ether oxygens (including phenoxy) is 2. The van der Waals surface area contributed by atoms with Gasteiger partial charge in [-0.25, -0.2) is 4.98 Å². The third kappa shape index (κ3) is 4.43. The number of hydrogen-bond donors (Lipinski definition) is 1. The number of hydrogen-bond acceptors (Lipinski definition) is 4. The molecule has 0 fully saturated rings. The number of nitrogens with zero attached hydrogens (tertiary/aromatic N) is 3. The van der Waals surface area contributed by atoms with Gasteiger partial charge in [0.25, 0.3) is 5.91 Å². The van der Waals surface area contributed by atoms with E-state index in [4.69, 9.17) is 9.47 Å². The quantitative estimate of drug-likeness (QED) is 0.325. The molecule has 0 bridgehead atoms. The van der Waals surface area contributed by atoms with E-state index >= 15 is 0 Å². The Balaban J connectivity index is 1.36. The van der Waals surface area contributed by atoms with E-state index in [9.17, 15) is 4.79 Å². The Morgan fingerprint density at radius 3 is 2.61 bits per heavy atom. The topological polar surface area (TPSA) is 72.4 Å². The molecule has 1 amide bonds. The van der Waals surface area contributed by atoms with Gasteiger partial charge in [-0.15, -0.1) is 0 Å². The average molecular weight is 481 g/mol. The molecule has 182 valence electrons. The van der Waals surface area contributed by atoms with Gasteiger partial charge in [0.15, 0.2) is 11.5 Å². The summed E-state index contributed by atoms with van der Waals surface area (Å²) in [5, 5.41) is 1.19. The van der Waals surface area contributed by atoms with E-state index in [0.29, 0.717) is 23.7 Å². The van der Waals surface area contributed by atoms with E-state index < -0.39 is 0 Å². The van der Waals surface area contributed by atoms with Crippen LogP contribution in [0.1, 0.15) is 16.1 Å². The number of carbonyl (C=O) groups is 1. The van der Waals surface area contributed by atoms with Gasteiger partial charge in [0.05, 0.1) is 26.7 Å². The summed E-state index contributed by atoms with van der Waals surface area (Å²) in [5.74, 6) is 1.26. The van der Waals surface area contributed by atoms with E-state index in [0.717, 1.165) is 28.8 Å². The number of rotatable bonds is 8. The smallest absolute Gasteiger partial charge is 0.272 e. The molecule has 1 N–H and O–H groups in total. The SMILES string of the molecule is COc1ccc(-c2cccc(-n3cncc3C(=O)N(C)CCc3c[nH]c4ccccc34)c2)cc1OC. The first-order valence-electron chi connectivity index (χ1n) is 11.7. The molecule has 5 rings (SSSR count). The lowest BCUT2D eigenvalue weighted by Gasteiger charge is -2.18. The number of aromatic amines is 1. The molecule has 0 aliphatic heterocycles. The molecule has 0 atom stereocenters. The van der Waals surface area contributed by atoms with Gasteiger partial charge < -0.3 is 19.4 Å². The summed E-state index contributed by atoms with van der Waals surface area (Å²) in [7, 11) is 5.07. The highest BCUT2D eigenvalue weighted by Crippen LogP contribution is 2.33. The van der Waals surface area contributed by atoms with Crippen LogP contribution in [0.15, 0.2) is 85.5 Å². The molecule has 36 heavy (non-hydrogen) atoms. The molecule has 7 heteroatoms. The molecule has 0 saturated heterocycles. The third-order valence-electron chi connectivity index (χ3n) is 6.44. The largest absolute Gasteiger partial charge is 0.493 e. The van der Waals surface area contributed by atoms with Crippen LogP contribution < -0.4 is 9.47 Å². The van der Waals surface area contributed by atoms with Crippen LogP contribution >= 0.6 is 0 Å². The summed E-state index contributed by atoms with van der Waals surface area (Å²) >= 11 is 0. The number of benzene rings is 3. The fourth-order valence-corrected chi connectivity index (χ4v) is 4.43. The van der Waals surface area contributed by atoms with Crippen molar-refractivity contribution in [3.8, 4) is 28.3 Å². The van der Waals surface area contributed by atoms with Crippen LogP contribution in [0.5, 0.6) is 11.5 Å². The molecule has 3 aromatic carbocycles. The Bertz CT molecular complexity index is 1520. The number of imidazole rings is 1. The fraction of sp³-hybridized carbons (Fsp3) is 0.172. The van der Waals surface area contributed by atoms with Gasteiger partial charge in [-0.3, -0.25) is 9.36 Å². The highest BCUT2D eigenvalue weighted by atomic mass is 16.5. The van der Waals surface area contributed by atoms with Crippen molar-refractivity contribution in [2.75, 3.05) is 27.8 Å². The van der Waals surface area contributed by atoms with E-state index in [1.54, 1.807) is 31.6 Å². The van der Waals surface area contributed by atoms with Gasteiger partial charge in [0.1, 0.15) is 5.69 Å². The van der Waals surface area contributed by atoms with Crippen molar-refractivity contribution in [3.05, 3.63) is 96.7 Å². The van der Waals surface area contributed by atoms with Gasteiger partial charge >= 0.3 is 0 Å². The summed E-state index contributed by atoms with van der Waals surface area (Å²) < 4.78 is 12.6. The van der Waals surface area contributed by atoms with Crippen molar-refractivity contribution in [1.82, 2.24) is 19.4 Å². The molecule has 2 heterocycles. The maximum atomic E-state index is 13.4. The van der Waals surface area contributed by atoms with E-state index in [2.05, 4.69) is 22.1 Å². The highest BCUT2D eigenvalue weighted by Gasteiger charge is 2.18. The predicted molar refractivity (Wildman–Crippen MR) is 141 cm³/mol. The molecule has 0 spiro atoms. The minimum absolute atomic E-state index is 0.0798. The Labute approximate surface area is 209 Å². The lowest BCUT2D eigenvalue weighted by atomic mass is 10.0. The first-order valence-corrected chi connectivity index (χ1v) is 11.7. The van der Waals surface area contributed by atoms with E-state index in [1.807, 2.05) is 72.4 Å². The maximum absolute atomic E-state index is 13.4. The maximum Gasteiger partial charge on any atom is 0.272 e. The summed E-state index contributed by atoms with van der Waals surface area (Å²) in [5.41, 5.74) is 5.65. The van der Waals surface area contributed by atoms with Crippen LogP contribution in [0.3, 0.4) is 0 Å². The molecule has 0 radical (unpaired) electrons. The zero-order chi connectivity index (χ0) is 25.1. The van der Waals surface area contributed by atoms with E-state index in [-0.39, 0.29) is 5.91 Å². The van der Waals surface area contributed by atoms with Crippen LogP contribution in [0.2, 0.25) is 0 Å². The van der Waals surface area contributed by atoms with Crippen LogP contribution in [-0.2, 0) is 6.42 Å². The second kappa shape index (κ2) is 10.00. The molecular formula is C29H28N4O3. The lowest BCUT2D eigenvalue weighted by Crippen LogP contribution is -2.30. The van der Waals surface area contributed by atoms with E-state index in [1.165, 1.54) is 10.9 Å². The molecule has 0 aliphatic carbocycles. The zero-order valence-electron chi connectivity index (χ0n) is 20.6. The predicted octanol–water partition coefficient (Wildman–Crippen LogP) is 5.35. The minimum atomic E-state index is -0.0798. The number of amides is 1. The number of carbonyl (C=O) groups excluding carboxylic acids is 1. The van der Waals surface area contributed by atoms with Crippen LogP contribution in [0, 0.1) is 0 Å². The molecule has 7 nitrogen and oxygen atoms in total. The highest BCUT2D eigenvalue weighted by molar-refractivity contribution is 5.93. The van der Waals surface area contributed by atoms with Crippen molar-refractivity contribution in [2.45, 2.75) is 6.42 Å². The summed E-state index contributed by atoms with van der Waals surface area (Å²) in [6, 6.07) is 22.0. The van der Waals surface area contributed by atoms with Crippen LogP contribution in [0.4, 0.5) is 0 Å². The van der Waals surface area contributed by atoms with Gasteiger partial charge in [0, 0.05) is 36.4 Å². The van der Waals surface area contributed by atoms with Crippen molar-refractivity contribution < 1.29 is 14.3 Å². The lowest BCUT2D eigenvalue weighted by molar-refractivity contribution is 0.0789. The van der Waals surface area contributed by atoms with Gasteiger partial charge in [-0.05, 0) is 53.4 Å². The number of para-hydroxylation sites is 1. The van der Waals surface area contributed by atoms with Crippen molar-refractivity contribution in [2.24, 2.45) is 0 Å². The number of nitrogens with one attached hydrogen (secondary N) is 1. The molecule has 5 aromatic rings. The normalized spacial score (nSPS) is 11.0. The summed E-state index contributed by atoms with van der Waals surface area (Å²) in [4.78, 5) is 22.7. The standard InChI is InChI=1S/C29H28N4O3/c1-32(14-13-22-17-31-25-10-5-4-9-24(22)25)29(34)26-18-30-19-33(26)23-8-6-7-20(15-23)21-11-12-27(35-2)28(16-21)36-3/h4-12,15-19,31H,13-14H2,1-3H3. The number of fused-ring (bicyclic) bond motifs is 1. The molecule has 0 unspecified atom stereocenters. The van der Waals surface area contributed by atoms with Crippen LogP contribution in [0.25, 0.3) is 27.7 Å². The average Bonchev–Trinajstić information content (AvgIpc) is 3.58. The number of likely N-dealkylation sites (N-methyl/N-ethyl adjacent to an activating group) is 1. The van der Waals surface area contributed by atoms with Crippen LogP contribution in [-0.4, -0.2) is 53.2 Å². The minimum Gasteiger partial charge on any atom is -0.493 e. The summed E-state index contributed by atoms with van der Waals surface area (Å²) in [6.07, 6.45) is 6.07. The molecule has 0 saturated carbocycles. The number of methoxy groups -OCH3 is 2. The first-order chi connectivity index (χ1) is 17.6. The Kier molecular flexibility index (Phi) is 6.45. The molecule has 2 aromatic heterocycles. The fourth-order valence-electron chi connectivity index (χ4n) is 4.43. The van der Waals surface area contributed by atoms with Gasteiger partial charge in [0.2, 0.25) is 0 Å². The number of aromatic nitrogens is 3. The van der Waals surface area contributed by atoms with Gasteiger partial charge in [-0.1, -0.05) is 36.4 Å². The van der Waals surface area contributed by atoms with Gasteiger partial charge in [-0.2, -0.15) is 0 Å². The molecular weight excluding hydrogens is 452 g/mol. The monoisotopic (exact) mass is 480 g/mol. The third-order valence-corrected chi connectivity index (χ3v) is 6.44. The number of H-pyrrole nitrogens is 1. The first kappa shape index (κ1) is 23.2. The second-order valence-corrected chi connectivity index (χ2v) is 8.61. The summed E-state index contributed by atoms with van der Waals surface area (Å²) in [6.45, 7) is 0.595. The van der Waals surface area contributed by atoms with Crippen molar-refractivity contribution >= 4 is 16.8 Å². The van der Waals surface area contributed by atoms with Crippen molar-refractivity contribution in [3.63, 3.8) is 0 Å². The Morgan fingerprint density at radius 1 is 0.972 bits per heavy atom. The zero-order valence-corrected chi connectivity index (χ0v) is 20.6. The Morgan fingerprint density at radius 2 is 1.78 bits per heavy atom. The molecule has 0 aliphatic rings.